The smallest absolute Gasteiger partial charge is 0.0740 e. The van der Waals surface area contributed by atoms with E-state index in [1.54, 1.807) is 0 Å². The molecule has 0 aliphatic carbocycles. The highest BCUT2D eigenvalue weighted by molar-refractivity contribution is 6.83. The molecule has 0 atom stereocenters. The zero-order valence-corrected chi connectivity index (χ0v) is 8.15. The Morgan fingerprint density at radius 3 is 2.10 bits per heavy atom. The molecule has 0 radical (unpaired) electrons. The van der Waals surface area contributed by atoms with Crippen LogP contribution < -0.4 is 5.73 Å². The van der Waals surface area contributed by atoms with Crippen LogP contribution in [0.3, 0.4) is 0 Å². The van der Waals surface area contributed by atoms with E-state index in [2.05, 4.69) is 26.2 Å². The summed E-state index contributed by atoms with van der Waals surface area (Å²) in [5, 5.41) is 1.38. The fourth-order valence-corrected chi connectivity index (χ4v) is 2.00. The van der Waals surface area contributed by atoms with E-state index in [1.807, 2.05) is 12.2 Å². The second kappa shape index (κ2) is 3.74. The molecule has 0 aliphatic heterocycles. The monoisotopic (exact) mass is 155 g/mol. The minimum absolute atomic E-state index is 0.682. The van der Waals surface area contributed by atoms with E-state index in [0.29, 0.717) is 6.54 Å². The average molecular weight is 155 g/mol. The molecule has 0 fully saturated rings. The molecule has 0 unspecified atom stereocenters. The van der Waals surface area contributed by atoms with Crippen molar-refractivity contribution in [3.63, 3.8) is 0 Å². The molecule has 0 bridgehead atoms. The summed E-state index contributed by atoms with van der Waals surface area (Å²) in [6.07, 6.45) is 3.87. The number of allylic oxidation sites excluding steroid dienone is 2. The summed E-state index contributed by atoms with van der Waals surface area (Å²) in [6.45, 7) is 11.2. The Bertz CT molecular complexity index is 142. The number of hydrogen-bond donors (Lipinski definition) is 1. The van der Waals surface area contributed by atoms with Crippen molar-refractivity contribution < 1.29 is 0 Å². The third kappa shape index (κ3) is 2.99. The summed E-state index contributed by atoms with van der Waals surface area (Å²) in [4.78, 5) is 0. The maximum absolute atomic E-state index is 5.56. The minimum atomic E-state index is -1.14. The summed E-state index contributed by atoms with van der Waals surface area (Å²) < 4.78 is 0. The Hall–Kier alpha value is -0.343. The van der Waals surface area contributed by atoms with E-state index in [0.717, 1.165) is 0 Å². The highest BCUT2D eigenvalue weighted by Crippen LogP contribution is 2.12. The van der Waals surface area contributed by atoms with Gasteiger partial charge in [0.15, 0.2) is 0 Å². The molecule has 0 aliphatic rings. The number of rotatable bonds is 3. The first-order valence-corrected chi connectivity index (χ1v) is 7.04. The first-order chi connectivity index (χ1) is 4.52. The molecule has 58 valence electrons. The van der Waals surface area contributed by atoms with Crippen molar-refractivity contribution in [2.24, 2.45) is 5.73 Å². The van der Waals surface area contributed by atoms with Crippen molar-refractivity contribution in [3.05, 3.63) is 23.9 Å². The van der Waals surface area contributed by atoms with Gasteiger partial charge in [0.05, 0.1) is 8.07 Å². The fraction of sp³-hybridized carbons (Fsp3) is 0.500. The Balaban J connectivity index is 4.35. The van der Waals surface area contributed by atoms with E-state index in [4.69, 9.17) is 5.73 Å². The summed E-state index contributed by atoms with van der Waals surface area (Å²) in [5.74, 6) is 0. The van der Waals surface area contributed by atoms with E-state index < -0.39 is 8.07 Å². The van der Waals surface area contributed by atoms with Crippen LogP contribution in [0.1, 0.15) is 0 Å². The van der Waals surface area contributed by atoms with E-state index in [9.17, 15) is 0 Å². The van der Waals surface area contributed by atoms with Gasteiger partial charge >= 0.3 is 0 Å². The Labute approximate surface area is 64.6 Å². The number of hydrogen-bond acceptors (Lipinski definition) is 1. The summed E-state index contributed by atoms with van der Waals surface area (Å²) >= 11 is 0. The van der Waals surface area contributed by atoms with Crippen molar-refractivity contribution in [1.29, 1.82) is 0 Å². The molecule has 0 saturated heterocycles. The fourth-order valence-electron chi connectivity index (χ4n) is 0.766. The van der Waals surface area contributed by atoms with Gasteiger partial charge in [-0.3, -0.25) is 0 Å². The first kappa shape index (κ1) is 9.66. The van der Waals surface area contributed by atoms with Crippen LogP contribution in [0.25, 0.3) is 0 Å². The molecule has 0 aromatic carbocycles. The largest absolute Gasteiger partial charge is 0.327 e. The van der Waals surface area contributed by atoms with Crippen molar-refractivity contribution >= 4 is 8.07 Å². The lowest BCUT2D eigenvalue weighted by Crippen LogP contribution is -2.28. The predicted octanol–water partition coefficient (Wildman–Crippen LogP) is 1.93. The van der Waals surface area contributed by atoms with E-state index >= 15 is 0 Å². The Kier molecular flexibility index (Phi) is 3.61. The van der Waals surface area contributed by atoms with Crippen LogP contribution in [0.15, 0.2) is 23.9 Å². The highest BCUT2D eigenvalue weighted by Gasteiger charge is 2.16. The van der Waals surface area contributed by atoms with Crippen molar-refractivity contribution in [2.45, 2.75) is 19.6 Å². The quantitative estimate of drug-likeness (QED) is 0.489. The standard InChI is InChI=1S/C8H17NSi/c1-5-6-8(7-9)10(2,3)4/h5-6H,1,7,9H2,2-4H3. The summed E-state index contributed by atoms with van der Waals surface area (Å²) in [6, 6.07) is 0. The first-order valence-electron chi connectivity index (χ1n) is 3.54. The lowest BCUT2D eigenvalue weighted by molar-refractivity contribution is 1.20. The molecule has 0 rings (SSSR count). The summed E-state index contributed by atoms with van der Waals surface area (Å²) in [5.41, 5.74) is 5.56. The van der Waals surface area contributed by atoms with Crippen molar-refractivity contribution in [1.82, 2.24) is 0 Å². The lowest BCUT2D eigenvalue weighted by atomic mass is 10.5. The van der Waals surface area contributed by atoms with Gasteiger partial charge in [0.2, 0.25) is 0 Å². The van der Waals surface area contributed by atoms with Gasteiger partial charge in [-0.15, -0.1) is 0 Å². The maximum Gasteiger partial charge on any atom is 0.0740 e. The van der Waals surface area contributed by atoms with E-state index in [1.165, 1.54) is 5.20 Å². The van der Waals surface area contributed by atoms with Crippen LogP contribution >= 0.6 is 0 Å². The molecule has 0 heterocycles. The molecule has 0 spiro atoms. The van der Waals surface area contributed by atoms with Crippen LogP contribution in [0.4, 0.5) is 0 Å². The van der Waals surface area contributed by atoms with Gasteiger partial charge < -0.3 is 5.73 Å². The highest BCUT2D eigenvalue weighted by atomic mass is 28.3. The van der Waals surface area contributed by atoms with Gasteiger partial charge in [0.25, 0.3) is 0 Å². The van der Waals surface area contributed by atoms with Gasteiger partial charge in [-0.2, -0.15) is 0 Å². The van der Waals surface area contributed by atoms with Crippen LogP contribution in [-0.2, 0) is 0 Å². The Morgan fingerprint density at radius 1 is 1.50 bits per heavy atom. The molecule has 10 heavy (non-hydrogen) atoms. The van der Waals surface area contributed by atoms with Crippen LogP contribution in [0, 0.1) is 0 Å². The molecule has 2 heteroatoms. The van der Waals surface area contributed by atoms with Crippen molar-refractivity contribution in [2.75, 3.05) is 6.54 Å². The third-order valence-corrected chi connectivity index (χ3v) is 3.80. The van der Waals surface area contributed by atoms with Gasteiger partial charge in [-0.25, -0.2) is 0 Å². The normalized spacial score (nSPS) is 13.4. The SMILES string of the molecule is C=CC=C(CN)[Si](C)(C)C. The maximum atomic E-state index is 5.56. The molecular weight excluding hydrogens is 138 g/mol. The minimum Gasteiger partial charge on any atom is -0.327 e. The molecular formula is C8H17NSi. The molecule has 0 saturated carbocycles. The summed E-state index contributed by atoms with van der Waals surface area (Å²) in [7, 11) is -1.14. The Morgan fingerprint density at radius 2 is 2.00 bits per heavy atom. The average Bonchev–Trinajstić information content (AvgIpc) is 1.80. The van der Waals surface area contributed by atoms with Crippen LogP contribution in [0.5, 0.6) is 0 Å². The van der Waals surface area contributed by atoms with Gasteiger partial charge in [-0.1, -0.05) is 43.6 Å². The molecule has 0 aromatic rings. The predicted molar refractivity (Wildman–Crippen MR) is 50.7 cm³/mol. The number of nitrogens with two attached hydrogens (primary N) is 1. The topological polar surface area (TPSA) is 26.0 Å². The van der Waals surface area contributed by atoms with Gasteiger partial charge in [0.1, 0.15) is 0 Å². The zero-order valence-electron chi connectivity index (χ0n) is 7.15. The van der Waals surface area contributed by atoms with E-state index in [-0.39, 0.29) is 0 Å². The second-order valence-corrected chi connectivity index (χ2v) is 8.52. The second-order valence-electron chi connectivity index (χ2n) is 3.38. The van der Waals surface area contributed by atoms with Crippen molar-refractivity contribution in [3.8, 4) is 0 Å². The third-order valence-electron chi connectivity index (χ3n) is 1.50. The van der Waals surface area contributed by atoms with Gasteiger partial charge in [-0.05, 0) is 0 Å². The van der Waals surface area contributed by atoms with Crippen LogP contribution in [0.2, 0.25) is 19.6 Å². The lowest BCUT2D eigenvalue weighted by Gasteiger charge is -2.18. The molecule has 0 amide bonds. The zero-order chi connectivity index (χ0) is 8.20. The molecule has 0 aromatic heterocycles. The van der Waals surface area contributed by atoms with Crippen LogP contribution in [-0.4, -0.2) is 14.6 Å². The molecule has 1 nitrogen and oxygen atoms in total. The van der Waals surface area contributed by atoms with Gasteiger partial charge in [0, 0.05) is 6.54 Å². The molecule has 2 N–H and O–H groups in total.